The van der Waals surface area contributed by atoms with Crippen molar-refractivity contribution in [2.75, 3.05) is 0 Å². The largest absolute Gasteiger partial charge is 0.397 e. The molecule has 0 spiro atoms. The van der Waals surface area contributed by atoms with Crippen molar-refractivity contribution in [1.29, 1.82) is 0 Å². The molecule has 0 unspecified atom stereocenters. The molecule has 1 amide bonds. The fourth-order valence-corrected chi connectivity index (χ4v) is 0.674. The standard InChI is InChI=1S/C10H14N2O.2C2H6/c1-4-6-7-10(9(11)5-2)12-8(3)13;2*1-2/h4-7H,1-2,11H2,3H3,(H,12,13);2*1-2H3/b7-6-,10-9-;;. The average molecular weight is 238 g/mol. The van der Waals surface area contributed by atoms with E-state index in [1.54, 1.807) is 18.2 Å². The van der Waals surface area contributed by atoms with E-state index in [2.05, 4.69) is 18.5 Å². The van der Waals surface area contributed by atoms with Gasteiger partial charge in [0.2, 0.25) is 5.91 Å². The lowest BCUT2D eigenvalue weighted by atomic mass is 10.3. The van der Waals surface area contributed by atoms with Crippen LogP contribution >= 0.6 is 0 Å². The summed E-state index contributed by atoms with van der Waals surface area (Å²) in [5, 5.41) is 2.58. The van der Waals surface area contributed by atoms with Crippen LogP contribution in [0.25, 0.3) is 0 Å². The van der Waals surface area contributed by atoms with Crippen LogP contribution in [0.5, 0.6) is 0 Å². The summed E-state index contributed by atoms with van der Waals surface area (Å²) >= 11 is 0. The molecule has 0 aromatic heterocycles. The molecule has 3 N–H and O–H groups in total. The van der Waals surface area contributed by atoms with Gasteiger partial charge in [0.1, 0.15) is 0 Å². The van der Waals surface area contributed by atoms with Crippen LogP contribution in [-0.2, 0) is 4.79 Å². The van der Waals surface area contributed by atoms with Crippen LogP contribution in [0.4, 0.5) is 0 Å². The van der Waals surface area contributed by atoms with Crippen molar-refractivity contribution < 1.29 is 4.79 Å². The first-order valence-corrected chi connectivity index (χ1v) is 5.80. The van der Waals surface area contributed by atoms with Crippen molar-refractivity contribution in [1.82, 2.24) is 5.32 Å². The van der Waals surface area contributed by atoms with Crippen molar-refractivity contribution >= 4 is 5.91 Å². The molecule has 0 radical (unpaired) electrons. The number of hydrogen-bond acceptors (Lipinski definition) is 2. The van der Waals surface area contributed by atoms with E-state index >= 15 is 0 Å². The van der Waals surface area contributed by atoms with Crippen molar-refractivity contribution in [3.63, 3.8) is 0 Å². The zero-order chi connectivity index (χ0) is 14.3. The van der Waals surface area contributed by atoms with Crippen LogP contribution in [0.3, 0.4) is 0 Å². The molecular weight excluding hydrogens is 212 g/mol. The van der Waals surface area contributed by atoms with Gasteiger partial charge in [-0.05, 0) is 12.2 Å². The first-order valence-electron chi connectivity index (χ1n) is 5.80. The predicted molar refractivity (Wildman–Crippen MR) is 77.3 cm³/mol. The maximum absolute atomic E-state index is 10.7. The van der Waals surface area contributed by atoms with E-state index in [-0.39, 0.29) is 5.91 Å². The molecule has 0 aromatic rings. The molecule has 0 aliphatic heterocycles. The van der Waals surface area contributed by atoms with Gasteiger partial charge in [-0.25, -0.2) is 0 Å². The second kappa shape index (κ2) is 16.7. The predicted octanol–water partition coefficient (Wildman–Crippen LogP) is 3.27. The van der Waals surface area contributed by atoms with E-state index in [4.69, 9.17) is 5.73 Å². The molecule has 0 aromatic carbocycles. The highest BCUT2D eigenvalue weighted by Gasteiger charge is 1.98. The van der Waals surface area contributed by atoms with Gasteiger partial charge in [0.05, 0.1) is 11.4 Å². The van der Waals surface area contributed by atoms with Gasteiger partial charge in [0.15, 0.2) is 0 Å². The second-order valence-electron chi connectivity index (χ2n) is 2.35. The van der Waals surface area contributed by atoms with Crippen LogP contribution in [-0.4, -0.2) is 5.91 Å². The number of nitrogens with two attached hydrogens (primary N) is 1. The van der Waals surface area contributed by atoms with E-state index in [1.165, 1.54) is 13.0 Å². The molecule has 0 rings (SSSR count). The molecule has 0 fully saturated rings. The maximum atomic E-state index is 10.7. The highest BCUT2D eigenvalue weighted by atomic mass is 16.1. The molecular formula is C14H26N2O. The summed E-state index contributed by atoms with van der Waals surface area (Å²) < 4.78 is 0. The molecule has 0 aliphatic carbocycles. The molecule has 17 heavy (non-hydrogen) atoms. The highest BCUT2D eigenvalue weighted by molar-refractivity contribution is 5.75. The lowest BCUT2D eigenvalue weighted by molar-refractivity contribution is -0.118. The molecule has 3 nitrogen and oxygen atoms in total. The summed E-state index contributed by atoms with van der Waals surface area (Å²) in [5.74, 6) is -0.173. The fraction of sp³-hybridized carbons (Fsp3) is 0.357. The Morgan fingerprint density at radius 1 is 1.18 bits per heavy atom. The Morgan fingerprint density at radius 3 is 1.94 bits per heavy atom. The first-order chi connectivity index (χ1) is 8.11. The van der Waals surface area contributed by atoms with Crippen molar-refractivity contribution in [2.45, 2.75) is 34.6 Å². The van der Waals surface area contributed by atoms with Gasteiger partial charge in [0, 0.05) is 6.92 Å². The van der Waals surface area contributed by atoms with Crippen LogP contribution in [0.2, 0.25) is 0 Å². The fourth-order valence-electron chi connectivity index (χ4n) is 0.674. The Bertz CT molecular complexity index is 276. The van der Waals surface area contributed by atoms with Crippen LogP contribution in [0.15, 0.2) is 48.9 Å². The Hall–Kier alpha value is -1.77. The zero-order valence-corrected chi connectivity index (χ0v) is 11.7. The lowest BCUT2D eigenvalue weighted by Crippen LogP contribution is -2.21. The Kier molecular flexibility index (Phi) is 20.2. The average Bonchev–Trinajstić information content (AvgIpc) is 2.38. The summed E-state index contributed by atoms with van der Waals surface area (Å²) in [7, 11) is 0. The Balaban J connectivity index is -0.000000439. The molecule has 98 valence electrons. The SMILES string of the molecule is C=C/C=C\C(NC(C)=O)=C(\N)C=C.CC.CC. The minimum atomic E-state index is -0.173. The zero-order valence-electron chi connectivity index (χ0n) is 11.7. The van der Waals surface area contributed by atoms with Gasteiger partial charge in [-0.15, -0.1) is 0 Å². The quantitative estimate of drug-likeness (QED) is 0.738. The molecule has 0 saturated carbocycles. The summed E-state index contributed by atoms with van der Waals surface area (Å²) in [5.41, 5.74) is 6.52. The number of allylic oxidation sites excluding steroid dienone is 4. The van der Waals surface area contributed by atoms with E-state index in [9.17, 15) is 4.79 Å². The van der Waals surface area contributed by atoms with Gasteiger partial charge < -0.3 is 11.1 Å². The monoisotopic (exact) mass is 238 g/mol. The summed E-state index contributed by atoms with van der Waals surface area (Å²) in [6.07, 6.45) is 6.41. The van der Waals surface area contributed by atoms with Gasteiger partial charge >= 0.3 is 0 Å². The van der Waals surface area contributed by atoms with Gasteiger partial charge in [-0.3, -0.25) is 4.79 Å². The normalized spacial score (nSPS) is 9.94. The van der Waals surface area contributed by atoms with E-state index in [0.717, 1.165) is 0 Å². The minimum Gasteiger partial charge on any atom is -0.397 e. The summed E-state index contributed by atoms with van der Waals surface area (Å²) in [6, 6.07) is 0. The van der Waals surface area contributed by atoms with Gasteiger partial charge in [0.25, 0.3) is 0 Å². The maximum Gasteiger partial charge on any atom is 0.221 e. The van der Waals surface area contributed by atoms with Crippen molar-refractivity contribution in [3.05, 3.63) is 48.9 Å². The topological polar surface area (TPSA) is 55.1 Å². The number of amides is 1. The smallest absolute Gasteiger partial charge is 0.221 e. The molecule has 0 aliphatic rings. The molecule has 0 heterocycles. The third kappa shape index (κ3) is 14.2. The van der Waals surface area contributed by atoms with Gasteiger partial charge in [-0.1, -0.05) is 53.0 Å². The van der Waals surface area contributed by atoms with Crippen molar-refractivity contribution in [2.24, 2.45) is 5.73 Å². The highest BCUT2D eigenvalue weighted by Crippen LogP contribution is 1.98. The van der Waals surface area contributed by atoms with E-state index < -0.39 is 0 Å². The number of carbonyl (C=O) groups is 1. The second-order valence-corrected chi connectivity index (χ2v) is 2.35. The molecule has 0 saturated heterocycles. The molecule has 0 atom stereocenters. The van der Waals surface area contributed by atoms with Gasteiger partial charge in [-0.2, -0.15) is 0 Å². The molecule has 0 bridgehead atoms. The van der Waals surface area contributed by atoms with Crippen molar-refractivity contribution in [3.8, 4) is 0 Å². The minimum absolute atomic E-state index is 0.173. The third-order valence-corrected chi connectivity index (χ3v) is 1.24. The number of hydrogen-bond donors (Lipinski definition) is 2. The number of rotatable bonds is 4. The number of nitrogens with one attached hydrogen (secondary N) is 1. The van der Waals surface area contributed by atoms with Crippen LogP contribution in [0.1, 0.15) is 34.6 Å². The first kappa shape index (κ1) is 20.6. The van der Waals surface area contributed by atoms with E-state index in [0.29, 0.717) is 11.4 Å². The third-order valence-electron chi connectivity index (χ3n) is 1.24. The summed E-state index contributed by atoms with van der Waals surface area (Å²) in [4.78, 5) is 10.7. The lowest BCUT2D eigenvalue weighted by Gasteiger charge is -2.04. The Labute approximate surface area is 106 Å². The van der Waals surface area contributed by atoms with Crippen LogP contribution < -0.4 is 11.1 Å². The Morgan fingerprint density at radius 2 is 1.65 bits per heavy atom. The summed E-state index contributed by atoms with van der Waals surface area (Å²) in [6.45, 7) is 16.4. The molecule has 3 heteroatoms. The number of carbonyl (C=O) groups excluding carboxylic acids is 1. The van der Waals surface area contributed by atoms with E-state index in [1.807, 2.05) is 27.7 Å². The van der Waals surface area contributed by atoms with Crippen LogP contribution in [0, 0.1) is 0 Å².